The second-order valence-corrected chi connectivity index (χ2v) is 4.57. The fourth-order valence-electron chi connectivity index (χ4n) is 1.81. The Morgan fingerprint density at radius 2 is 2.07 bits per heavy atom. The van der Waals surface area contributed by atoms with Gasteiger partial charge in [-0.3, -0.25) is 4.79 Å². The number of thiophene rings is 1. The number of ether oxygens (including phenoxy) is 1. The maximum Gasteiger partial charge on any atom is 0.185 e. The lowest BCUT2D eigenvalue weighted by atomic mass is 10.1. The van der Waals surface area contributed by atoms with Crippen molar-refractivity contribution >= 4 is 27.7 Å². The standard InChI is InChI=1S/C12H12O2S/c1-7-4-8(2)11-9(5-7)10(6-13)12(14-3)15-11/h4-6H,1-3H3. The van der Waals surface area contributed by atoms with E-state index < -0.39 is 0 Å². The highest BCUT2D eigenvalue weighted by Crippen LogP contribution is 2.38. The summed E-state index contributed by atoms with van der Waals surface area (Å²) < 4.78 is 6.34. The van der Waals surface area contributed by atoms with Crippen LogP contribution in [0.15, 0.2) is 12.1 Å². The Hall–Kier alpha value is -1.35. The van der Waals surface area contributed by atoms with E-state index in [1.54, 1.807) is 7.11 Å². The van der Waals surface area contributed by atoms with Gasteiger partial charge >= 0.3 is 0 Å². The number of aryl methyl sites for hydroxylation is 2. The lowest BCUT2D eigenvalue weighted by molar-refractivity contribution is 0.112. The van der Waals surface area contributed by atoms with Crippen LogP contribution in [0.2, 0.25) is 0 Å². The van der Waals surface area contributed by atoms with Crippen LogP contribution in [0, 0.1) is 13.8 Å². The van der Waals surface area contributed by atoms with Crippen molar-refractivity contribution in [1.29, 1.82) is 0 Å². The number of carbonyl (C=O) groups excluding carboxylic acids is 1. The van der Waals surface area contributed by atoms with Gasteiger partial charge in [-0.15, -0.1) is 0 Å². The van der Waals surface area contributed by atoms with Gasteiger partial charge in [-0.25, -0.2) is 0 Å². The molecule has 0 spiro atoms. The number of aldehydes is 1. The first-order chi connectivity index (χ1) is 7.17. The SMILES string of the molecule is COc1sc2c(C)cc(C)cc2c1C=O. The van der Waals surface area contributed by atoms with E-state index in [1.165, 1.54) is 22.5 Å². The van der Waals surface area contributed by atoms with E-state index in [4.69, 9.17) is 4.74 Å². The van der Waals surface area contributed by atoms with Gasteiger partial charge in [0.2, 0.25) is 0 Å². The molecular weight excluding hydrogens is 208 g/mol. The molecule has 0 fully saturated rings. The van der Waals surface area contributed by atoms with Crippen molar-refractivity contribution in [3.8, 4) is 5.06 Å². The molecular formula is C12H12O2S. The molecule has 0 unspecified atom stereocenters. The van der Waals surface area contributed by atoms with Gasteiger partial charge in [0.15, 0.2) is 11.3 Å². The van der Waals surface area contributed by atoms with E-state index in [2.05, 4.69) is 13.0 Å². The summed E-state index contributed by atoms with van der Waals surface area (Å²) in [4.78, 5) is 11.0. The average Bonchev–Trinajstić information content (AvgIpc) is 2.55. The van der Waals surface area contributed by atoms with Crippen LogP contribution >= 0.6 is 11.3 Å². The van der Waals surface area contributed by atoms with Crippen LogP contribution in [0.5, 0.6) is 5.06 Å². The molecule has 2 rings (SSSR count). The molecule has 1 heterocycles. The lowest BCUT2D eigenvalue weighted by Crippen LogP contribution is -1.85. The molecule has 1 aromatic carbocycles. The van der Waals surface area contributed by atoms with E-state index in [9.17, 15) is 4.79 Å². The van der Waals surface area contributed by atoms with Crippen molar-refractivity contribution in [1.82, 2.24) is 0 Å². The molecule has 0 radical (unpaired) electrons. The molecule has 78 valence electrons. The van der Waals surface area contributed by atoms with Crippen LogP contribution in [0.25, 0.3) is 10.1 Å². The molecule has 0 aliphatic heterocycles. The summed E-state index contributed by atoms with van der Waals surface area (Å²) in [5, 5.41) is 1.71. The molecule has 3 heteroatoms. The molecule has 1 aromatic heterocycles. The third-order valence-electron chi connectivity index (χ3n) is 2.43. The topological polar surface area (TPSA) is 26.3 Å². The highest BCUT2D eigenvalue weighted by atomic mass is 32.1. The van der Waals surface area contributed by atoms with Crippen LogP contribution < -0.4 is 4.74 Å². The molecule has 0 saturated carbocycles. The van der Waals surface area contributed by atoms with Gasteiger partial charge in [-0.1, -0.05) is 23.0 Å². The monoisotopic (exact) mass is 220 g/mol. The van der Waals surface area contributed by atoms with Gasteiger partial charge in [0, 0.05) is 10.1 Å². The number of methoxy groups -OCH3 is 1. The van der Waals surface area contributed by atoms with Crippen LogP contribution in [0.4, 0.5) is 0 Å². The Kier molecular flexibility index (Phi) is 2.49. The zero-order valence-corrected chi connectivity index (χ0v) is 9.77. The summed E-state index contributed by atoms with van der Waals surface area (Å²) in [6, 6.07) is 4.15. The number of benzene rings is 1. The molecule has 0 aliphatic carbocycles. The summed E-state index contributed by atoms with van der Waals surface area (Å²) in [5.74, 6) is 0. The Morgan fingerprint density at radius 3 is 2.67 bits per heavy atom. The first-order valence-electron chi connectivity index (χ1n) is 4.70. The lowest BCUT2D eigenvalue weighted by Gasteiger charge is -1.98. The van der Waals surface area contributed by atoms with E-state index >= 15 is 0 Å². The second kappa shape index (κ2) is 3.66. The van der Waals surface area contributed by atoms with Crippen LogP contribution in [0.1, 0.15) is 21.5 Å². The van der Waals surface area contributed by atoms with Crippen molar-refractivity contribution in [2.24, 2.45) is 0 Å². The van der Waals surface area contributed by atoms with Gasteiger partial charge in [0.05, 0.1) is 12.7 Å². The molecule has 0 amide bonds. The number of hydrogen-bond acceptors (Lipinski definition) is 3. The second-order valence-electron chi connectivity index (χ2n) is 3.58. The normalized spacial score (nSPS) is 10.6. The average molecular weight is 220 g/mol. The Balaban J connectivity index is 2.88. The van der Waals surface area contributed by atoms with Gasteiger partial charge in [-0.2, -0.15) is 0 Å². The number of hydrogen-bond donors (Lipinski definition) is 0. The maximum absolute atomic E-state index is 11.0. The number of fused-ring (bicyclic) bond motifs is 1. The van der Waals surface area contributed by atoms with E-state index in [0.717, 1.165) is 16.4 Å². The minimum absolute atomic E-state index is 0.671. The highest BCUT2D eigenvalue weighted by Gasteiger charge is 2.13. The zero-order valence-electron chi connectivity index (χ0n) is 8.96. The van der Waals surface area contributed by atoms with Crippen molar-refractivity contribution in [3.63, 3.8) is 0 Å². The first kappa shape index (κ1) is 10.2. The molecule has 0 bridgehead atoms. The summed E-state index contributed by atoms with van der Waals surface area (Å²) in [7, 11) is 1.60. The molecule has 0 aliphatic rings. The molecule has 15 heavy (non-hydrogen) atoms. The molecule has 0 saturated heterocycles. The van der Waals surface area contributed by atoms with Gasteiger partial charge in [0.1, 0.15) is 0 Å². The third-order valence-corrected chi connectivity index (χ3v) is 3.75. The van der Waals surface area contributed by atoms with Crippen LogP contribution in [-0.2, 0) is 0 Å². The number of rotatable bonds is 2. The fraction of sp³-hybridized carbons (Fsp3) is 0.250. The van der Waals surface area contributed by atoms with Crippen LogP contribution in [-0.4, -0.2) is 13.4 Å². The highest BCUT2D eigenvalue weighted by molar-refractivity contribution is 7.21. The van der Waals surface area contributed by atoms with E-state index in [1.807, 2.05) is 13.0 Å². The van der Waals surface area contributed by atoms with E-state index in [0.29, 0.717) is 10.6 Å². The summed E-state index contributed by atoms with van der Waals surface area (Å²) in [6.07, 6.45) is 0.872. The van der Waals surface area contributed by atoms with Crippen molar-refractivity contribution in [3.05, 3.63) is 28.8 Å². The third kappa shape index (κ3) is 1.53. The van der Waals surface area contributed by atoms with Crippen molar-refractivity contribution < 1.29 is 9.53 Å². The molecule has 2 aromatic rings. The Labute approximate surface area is 92.5 Å². The molecule has 2 nitrogen and oxygen atoms in total. The first-order valence-corrected chi connectivity index (χ1v) is 5.52. The predicted octanol–water partition coefficient (Wildman–Crippen LogP) is 3.34. The maximum atomic E-state index is 11.0. The largest absolute Gasteiger partial charge is 0.487 e. The Morgan fingerprint density at radius 1 is 1.33 bits per heavy atom. The Bertz CT molecular complexity index is 526. The van der Waals surface area contributed by atoms with E-state index in [-0.39, 0.29) is 0 Å². The molecule has 0 atom stereocenters. The fourth-order valence-corrected chi connectivity index (χ4v) is 2.85. The van der Waals surface area contributed by atoms with Gasteiger partial charge in [-0.05, 0) is 25.5 Å². The summed E-state index contributed by atoms with van der Waals surface area (Å²) in [6.45, 7) is 4.09. The smallest absolute Gasteiger partial charge is 0.185 e. The predicted molar refractivity (Wildman–Crippen MR) is 63.2 cm³/mol. The summed E-state index contributed by atoms with van der Waals surface area (Å²) >= 11 is 1.53. The zero-order chi connectivity index (χ0) is 11.0. The number of carbonyl (C=O) groups is 1. The minimum Gasteiger partial charge on any atom is -0.487 e. The quantitative estimate of drug-likeness (QED) is 0.725. The van der Waals surface area contributed by atoms with Crippen molar-refractivity contribution in [2.75, 3.05) is 7.11 Å². The minimum atomic E-state index is 0.671. The van der Waals surface area contributed by atoms with Gasteiger partial charge < -0.3 is 4.74 Å². The van der Waals surface area contributed by atoms with Crippen LogP contribution in [0.3, 0.4) is 0 Å². The van der Waals surface area contributed by atoms with Crippen molar-refractivity contribution in [2.45, 2.75) is 13.8 Å². The molecule has 0 N–H and O–H groups in total. The van der Waals surface area contributed by atoms with Gasteiger partial charge in [0.25, 0.3) is 0 Å². The summed E-state index contributed by atoms with van der Waals surface area (Å²) in [5.41, 5.74) is 3.04.